The minimum Gasteiger partial charge on any atom is -0.339 e. The van der Waals surface area contributed by atoms with Gasteiger partial charge in [0.15, 0.2) is 5.78 Å². The quantitative estimate of drug-likeness (QED) is 0.306. The molecule has 1 aromatic carbocycles. The Kier molecular flexibility index (Phi) is 8.38. The van der Waals surface area contributed by atoms with Crippen LogP contribution in [0.25, 0.3) is 10.9 Å². The minimum atomic E-state index is -0.0767. The summed E-state index contributed by atoms with van der Waals surface area (Å²) in [5.74, 6) is 1.20. The number of imidazole rings is 1. The molecule has 4 rings (SSSR count). The number of rotatable bonds is 9. The minimum absolute atomic E-state index is 0.0732. The molecule has 0 radical (unpaired) electrons. The second-order valence-corrected chi connectivity index (χ2v) is 12.6. The van der Waals surface area contributed by atoms with Crippen molar-refractivity contribution in [2.75, 3.05) is 33.7 Å². The highest BCUT2D eigenvalue weighted by atomic mass is 35.5. The number of likely N-dealkylation sites (tertiary alicyclic amines) is 1. The maximum Gasteiger partial charge on any atom is 0.245 e. The molecule has 1 saturated heterocycles. The first kappa shape index (κ1) is 29.0. The van der Waals surface area contributed by atoms with Crippen LogP contribution in [0.15, 0.2) is 24.8 Å². The van der Waals surface area contributed by atoms with Crippen LogP contribution in [0, 0.1) is 18.8 Å². The largest absolute Gasteiger partial charge is 0.339 e. The molecule has 1 amide bonds. The number of nitrogens with zero attached hydrogens (tertiary/aromatic N) is 5. The third kappa shape index (κ3) is 6.12. The van der Waals surface area contributed by atoms with Gasteiger partial charge in [-0.15, -0.1) is 0 Å². The highest BCUT2D eigenvalue weighted by Crippen LogP contribution is 2.34. The maximum absolute atomic E-state index is 13.6. The topological polar surface area (TPSA) is 87.1 Å². The highest BCUT2D eigenvalue weighted by molar-refractivity contribution is 6.32. The van der Waals surface area contributed by atoms with Gasteiger partial charge in [-0.25, -0.2) is 4.98 Å². The second kappa shape index (κ2) is 11.3. The van der Waals surface area contributed by atoms with Crippen molar-refractivity contribution < 1.29 is 9.59 Å². The number of carbonyl (C=O) groups excluding carboxylic acids is 2. The van der Waals surface area contributed by atoms with Gasteiger partial charge < -0.3 is 14.4 Å². The number of H-pyrrole nitrogens is 1. The summed E-state index contributed by atoms with van der Waals surface area (Å²) in [6, 6.07) is 4.07. The molecule has 2 aromatic heterocycles. The van der Waals surface area contributed by atoms with Crippen LogP contribution in [0.5, 0.6) is 0 Å². The van der Waals surface area contributed by atoms with E-state index in [0.29, 0.717) is 38.0 Å². The number of aromatic amines is 1. The molecule has 8 nitrogen and oxygen atoms in total. The lowest BCUT2D eigenvalue weighted by Gasteiger charge is -2.21. The Morgan fingerprint density at radius 1 is 1.21 bits per heavy atom. The molecule has 2 atom stereocenters. The van der Waals surface area contributed by atoms with Crippen LogP contribution in [0.2, 0.25) is 5.02 Å². The predicted octanol–water partition coefficient (Wildman–Crippen LogP) is 4.74. The molecule has 1 aliphatic rings. The molecular weight excluding hydrogens is 512 g/mol. The first-order valence-electron chi connectivity index (χ1n) is 13.6. The number of carbonyl (C=O) groups is 2. The monoisotopic (exact) mass is 552 g/mol. The van der Waals surface area contributed by atoms with Crippen molar-refractivity contribution in [3.05, 3.63) is 58.3 Å². The van der Waals surface area contributed by atoms with E-state index in [2.05, 4.69) is 48.5 Å². The number of aromatic nitrogens is 4. The summed E-state index contributed by atoms with van der Waals surface area (Å²) in [7, 11) is 5.97. The van der Waals surface area contributed by atoms with E-state index in [-0.39, 0.29) is 28.9 Å². The fraction of sp³-hybridized carbons (Fsp3) is 0.533. The first-order valence-corrected chi connectivity index (χ1v) is 14.0. The number of halogens is 1. The summed E-state index contributed by atoms with van der Waals surface area (Å²) in [5.41, 5.74) is 4.29. The van der Waals surface area contributed by atoms with Crippen LogP contribution in [0.1, 0.15) is 60.5 Å². The number of hydrogen-bond acceptors (Lipinski definition) is 5. The Morgan fingerprint density at radius 3 is 2.54 bits per heavy atom. The van der Waals surface area contributed by atoms with Gasteiger partial charge in [-0.05, 0) is 68.5 Å². The maximum atomic E-state index is 13.6. The third-order valence-corrected chi connectivity index (χ3v) is 8.18. The summed E-state index contributed by atoms with van der Waals surface area (Å²) in [5, 5.41) is 9.45. The van der Waals surface area contributed by atoms with E-state index < -0.39 is 0 Å². The Labute approximate surface area is 236 Å². The van der Waals surface area contributed by atoms with Crippen LogP contribution in [0.3, 0.4) is 0 Å². The average molecular weight is 553 g/mol. The molecule has 0 saturated carbocycles. The second-order valence-electron chi connectivity index (χ2n) is 12.2. The number of ketones is 1. The molecule has 1 fully saturated rings. The molecule has 0 bridgehead atoms. The molecule has 0 spiro atoms. The summed E-state index contributed by atoms with van der Waals surface area (Å²) < 4.78 is 1.94. The molecule has 1 aliphatic heterocycles. The predicted molar refractivity (Wildman–Crippen MR) is 156 cm³/mol. The van der Waals surface area contributed by atoms with E-state index in [1.54, 1.807) is 0 Å². The lowest BCUT2D eigenvalue weighted by Crippen LogP contribution is -2.29. The lowest BCUT2D eigenvalue weighted by molar-refractivity contribution is -0.125. The zero-order valence-corrected chi connectivity index (χ0v) is 25.0. The van der Waals surface area contributed by atoms with Gasteiger partial charge in [-0.1, -0.05) is 39.0 Å². The summed E-state index contributed by atoms with van der Waals surface area (Å²) in [6.07, 6.45) is 3.13. The van der Waals surface area contributed by atoms with E-state index in [0.717, 1.165) is 45.2 Å². The van der Waals surface area contributed by atoms with E-state index in [4.69, 9.17) is 16.6 Å². The molecule has 9 heteroatoms. The van der Waals surface area contributed by atoms with Crippen molar-refractivity contribution in [1.29, 1.82) is 0 Å². The standard InChI is InChI=1S/C30H41ClN6O2/c1-9-28(39)37-16-19(20(17-37)15-35(6)7)12-26(38)29-18(2)32-27(36(29)8)11-10-24-21-13-22(30(3,4)5)23(31)14-25(21)34-33-24/h9,13-14,19-20H,1,10-12,15-17H2,2-8H3,(H,33,34)/t19-,20+/m0/s1. The van der Waals surface area contributed by atoms with Crippen molar-refractivity contribution in [3.8, 4) is 0 Å². The number of nitrogens with one attached hydrogen (secondary N) is 1. The van der Waals surface area contributed by atoms with Crippen LogP contribution >= 0.6 is 11.6 Å². The summed E-state index contributed by atoms with van der Waals surface area (Å²) in [6.45, 7) is 14.0. The smallest absolute Gasteiger partial charge is 0.245 e. The van der Waals surface area contributed by atoms with Crippen LogP contribution < -0.4 is 0 Å². The number of hydrogen-bond donors (Lipinski definition) is 1. The summed E-state index contributed by atoms with van der Waals surface area (Å²) >= 11 is 6.54. The van der Waals surface area contributed by atoms with Gasteiger partial charge >= 0.3 is 0 Å². The van der Waals surface area contributed by atoms with Gasteiger partial charge in [0.05, 0.1) is 11.2 Å². The fourth-order valence-electron chi connectivity index (χ4n) is 5.88. The Hall–Kier alpha value is -2.97. The lowest BCUT2D eigenvalue weighted by atomic mass is 9.86. The van der Waals surface area contributed by atoms with Gasteiger partial charge in [-0.3, -0.25) is 14.7 Å². The third-order valence-electron chi connectivity index (χ3n) is 7.86. The van der Waals surface area contributed by atoms with Crippen molar-refractivity contribution in [2.24, 2.45) is 18.9 Å². The molecule has 0 unspecified atom stereocenters. The number of fused-ring (bicyclic) bond motifs is 1. The summed E-state index contributed by atoms with van der Waals surface area (Å²) in [4.78, 5) is 34.6. The Morgan fingerprint density at radius 2 is 1.90 bits per heavy atom. The van der Waals surface area contributed by atoms with E-state index >= 15 is 0 Å². The Bertz CT molecular complexity index is 1400. The molecule has 0 aliphatic carbocycles. The van der Waals surface area contributed by atoms with Gasteiger partial charge in [0.25, 0.3) is 0 Å². The molecule has 1 N–H and O–H groups in total. The average Bonchev–Trinajstić information content (AvgIpc) is 3.50. The zero-order valence-electron chi connectivity index (χ0n) is 24.3. The van der Waals surface area contributed by atoms with Crippen LogP contribution in [-0.2, 0) is 30.1 Å². The zero-order chi connectivity index (χ0) is 28.6. The van der Waals surface area contributed by atoms with Crippen LogP contribution in [-0.4, -0.2) is 75.0 Å². The fourth-order valence-corrected chi connectivity index (χ4v) is 6.32. The number of benzene rings is 1. The molecular formula is C30H41ClN6O2. The van der Waals surface area contributed by atoms with E-state index in [1.165, 1.54) is 6.08 Å². The highest BCUT2D eigenvalue weighted by Gasteiger charge is 2.36. The number of amides is 1. The number of aryl methyl sites for hydroxylation is 3. The number of Topliss-reactive ketones (excluding diaryl/α,β-unsaturated/α-hetero) is 1. The van der Waals surface area contributed by atoms with Gasteiger partial charge in [-0.2, -0.15) is 5.10 Å². The van der Waals surface area contributed by atoms with Crippen molar-refractivity contribution in [2.45, 2.75) is 52.4 Å². The van der Waals surface area contributed by atoms with Crippen molar-refractivity contribution >= 4 is 34.2 Å². The molecule has 39 heavy (non-hydrogen) atoms. The molecule has 210 valence electrons. The van der Waals surface area contributed by atoms with Crippen molar-refractivity contribution in [1.82, 2.24) is 29.5 Å². The molecule has 3 heterocycles. The van der Waals surface area contributed by atoms with Gasteiger partial charge in [0.1, 0.15) is 11.5 Å². The van der Waals surface area contributed by atoms with Crippen molar-refractivity contribution in [3.63, 3.8) is 0 Å². The van der Waals surface area contributed by atoms with Gasteiger partial charge in [0, 0.05) is 55.6 Å². The normalized spacial score (nSPS) is 17.9. The van der Waals surface area contributed by atoms with Crippen LogP contribution in [0.4, 0.5) is 0 Å². The molecule has 3 aromatic rings. The van der Waals surface area contributed by atoms with E-state index in [1.807, 2.05) is 43.6 Å². The first-order chi connectivity index (χ1) is 18.3. The van der Waals surface area contributed by atoms with E-state index in [9.17, 15) is 9.59 Å². The van der Waals surface area contributed by atoms with Gasteiger partial charge in [0.2, 0.25) is 5.91 Å². The Balaban J connectivity index is 1.51. The SMILES string of the molecule is C=CC(=O)N1C[C@@H](CN(C)C)[C@@H](CC(=O)c2c(C)nc(CCc3[nH]nc4cc(Cl)c(C(C)(C)C)cc34)n2C)C1.